The van der Waals surface area contributed by atoms with Gasteiger partial charge in [0.15, 0.2) is 0 Å². The summed E-state index contributed by atoms with van der Waals surface area (Å²) in [7, 11) is 0. The molecule has 1 saturated heterocycles. The Balaban J connectivity index is 1.50. The Hall–Kier alpha value is -2.27. The number of carbonyl (C=O) groups excluding carboxylic acids is 2. The topological polar surface area (TPSA) is 49.4 Å². The van der Waals surface area contributed by atoms with Gasteiger partial charge >= 0.3 is 0 Å². The van der Waals surface area contributed by atoms with Crippen molar-refractivity contribution in [1.29, 1.82) is 0 Å². The SMILES string of the molecule is CCCc1ccccc1N1C(=O)CSC1c1ccc(NC(=O)C2CCCCC2)cc1. The molecule has 4 nitrogen and oxygen atoms in total. The van der Waals surface area contributed by atoms with Crippen LogP contribution >= 0.6 is 11.8 Å². The van der Waals surface area contributed by atoms with E-state index in [0.29, 0.717) is 5.75 Å². The predicted octanol–water partition coefficient (Wildman–Crippen LogP) is 5.94. The van der Waals surface area contributed by atoms with E-state index in [9.17, 15) is 9.59 Å². The average molecular weight is 423 g/mol. The fraction of sp³-hybridized carbons (Fsp3) is 0.440. The molecular weight excluding hydrogens is 392 g/mol. The summed E-state index contributed by atoms with van der Waals surface area (Å²) >= 11 is 1.66. The van der Waals surface area contributed by atoms with Gasteiger partial charge in [0.1, 0.15) is 5.37 Å². The molecule has 0 bridgehead atoms. The summed E-state index contributed by atoms with van der Waals surface area (Å²) in [5.41, 5.74) is 4.17. The van der Waals surface area contributed by atoms with Gasteiger partial charge in [-0.15, -0.1) is 11.8 Å². The molecule has 1 aliphatic heterocycles. The number of anilines is 2. The van der Waals surface area contributed by atoms with Crippen molar-refractivity contribution in [1.82, 2.24) is 0 Å². The molecule has 1 N–H and O–H groups in total. The minimum absolute atomic E-state index is 0.0291. The van der Waals surface area contributed by atoms with Crippen LogP contribution in [0.2, 0.25) is 0 Å². The minimum Gasteiger partial charge on any atom is -0.326 e. The first kappa shape index (κ1) is 21.0. The fourth-order valence-electron chi connectivity index (χ4n) is 4.50. The summed E-state index contributed by atoms with van der Waals surface area (Å²) in [5, 5.41) is 3.05. The minimum atomic E-state index is -0.0291. The van der Waals surface area contributed by atoms with Gasteiger partial charge in [0.2, 0.25) is 11.8 Å². The van der Waals surface area contributed by atoms with Gasteiger partial charge < -0.3 is 5.32 Å². The number of para-hydroxylation sites is 1. The molecule has 1 unspecified atom stereocenters. The first-order chi connectivity index (χ1) is 14.7. The molecule has 1 atom stereocenters. The van der Waals surface area contributed by atoms with Gasteiger partial charge in [-0.2, -0.15) is 0 Å². The van der Waals surface area contributed by atoms with Crippen molar-refractivity contribution in [3.8, 4) is 0 Å². The van der Waals surface area contributed by atoms with Crippen molar-refractivity contribution in [3.63, 3.8) is 0 Å². The molecule has 1 saturated carbocycles. The second kappa shape index (κ2) is 9.69. The number of amides is 2. The van der Waals surface area contributed by atoms with Crippen molar-refractivity contribution in [2.45, 2.75) is 57.2 Å². The van der Waals surface area contributed by atoms with Gasteiger partial charge in [-0.25, -0.2) is 0 Å². The lowest BCUT2D eigenvalue weighted by molar-refractivity contribution is -0.120. The summed E-state index contributed by atoms with van der Waals surface area (Å²) in [6, 6.07) is 16.2. The van der Waals surface area contributed by atoms with E-state index in [0.717, 1.165) is 55.5 Å². The van der Waals surface area contributed by atoms with Crippen LogP contribution in [-0.4, -0.2) is 17.6 Å². The fourth-order valence-corrected chi connectivity index (χ4v) is 5.67. The van der Waals surface area contributed by atoms with Crippen LogP contribution < -0.4 is 10.2 Å². The van der Waals surface area contributed by atoms with E-state index in [-0.39, 0.29) is 23.1 Å². The zero-order valence-electron chi connectivity index (χ0n) is 17.6. The first-order valence-corrected chi connectivity index (χ1v) is 12.1. The van der Waals surface area contributed by atoms with Crippen molar-refractivity contribution in [3.05, 3.63) is 59.7 Å². The number of aryl methyl sites for hydroxylation is 1. The number of hydrogen-bond donors (Lipinski definition) is 1. The quantitative estimate of drug-likeness (QED) is 0.627. The maximum absolute atomic E-state index is 12.8. The lowest BCUT2D eigenvalue weighted by atomic mass is 9.88. The molecule has 5 heteroatoms. The van der Waals surface area contributed by atoms with Crippen LogP contribution in [0.4, 0.5) is 11.4 Å². The maximum Gasteiger partial charge on any atom is 0.238 e. The third kappa shape index (κ3) is 4.56. The lowest BCUT2D eigenvalue weighted by Gasteiger charge is -2.27. The van der Waals surface area contributed by atoms with Crippen molar-refractivity contribution >= 4 is 35.0 Å². The van der Waals surface area contributed by atoms with E-state index in [4.69, 9.17) is 0 Å². The molecule has 0 aromatic heterocycles. The third-order valence-electron chi connectivity index (χ3n) is 6.08. The molecule has 4 rings (SSSR count). The van der Waals surface area contributed by atoms with Crippen LogP contribution in [0, 0.1) is 5.92 Å². The highest BCUT2D eigenvalue weighted by Gasteiger charge is 2.35. The maximum atomic E-state index is 12.8. The first-order valence-electron chi connectivity index (χ1n) is 11.1. The summed E-state index contributed by atoms with van der Waals surface area (Å²) in [5.74, 6) is 0.934. The molecule has 2 aliphatic rings. The van der Waals surface area contributed by atoms with Crippen molar-refractivity contribution < 1.29 is 9.59 Å². The lowest BCUT2D eigenvalue weighted by Crippen LogP contribution is -2.28. The molecule has 158 valence electrons. The monoisotopic (exact) mass is 422 g/mol. The van der Waals surface area contributed by atoms with E-state index in [1.165, 1.54) is 12.0 Å². The van der Waals surface area contributed by atoms with Crippen molar-refractivity contribution in [2.75, 3.05) is 16.0 Å². The van der Waals surface area contributed by atoms with E-state index in [1.54, 1.807) is 11.8 Å². The number of benzene rings is 2. The molecule has 2 aromatic carbocycles. The van der Waals surface area contributed by atoms with Gasteiger partial charge in [-0.05, 0) is 48.6 Å². The average Bonchev–Trinajstić information content (AvgIpc) is 3.17. The number of carbonyl (C=O) groups is 2. The Bertz CT molecular complexity index is 890. The molecule has 2 aromatic rings. The summed E-state index contributed by atoms with van der Waals surface area (Å²) in [6.45, 7) is 2.16. The van der Waals surface area contributed by atoms with E-state index in [1.807, 2.05) is 41.3 Å². The normalized spacial score (nSPS) is 19.8. The van der Waals surface area contributed by atoms with E-state index < -0.39 is 0 Å². The highest BCUT2D eigenvalue weighted by molar-refractivity contribution is 8.00. The largest absolute Gasteiger partial charge is 0.326 e. The summed E-state index contributed by atoms with van der Waals surface area (Å²) in [6.07, 6.45) is 7.55. The number of thioether (sulfide) groups is 1. The van der Waals surface area contributed by atoms with Gasteiger partial charge in [-0.3, -0.25) is 14.5 Å². The van der Waals surface area contributed by atoms with Crippen LogP contribution in [-0.2, 0) is 16.0 Å². The van der Waals surface area contributed by atoms with Crippen LogP contribution in [0.25, 0.3) is 0 Å². The number of rotatable bonds is 6. The Kier molecular flexibility index (Phi) is 6.78. The molecule has 1 aliphatic carbocycles. The van der Waals surface area contributed by atoms with Crippen LogP contribution in [0.5, 0.6) is 0 Å². The highest BCUT2D eigenvalue weighted by Crippen LogP contribution is 2.43. The third-order valence-corrected chi connectivity index (χ3v) is 7.29. The number of nitrogens with one attached hydrogen (secondary N) is 1. The molecular formula is C25H30N2O2S. The van der Waals surface area contributed by atoms with Gasteiger partial charge in [0.25, 0.3) is 0 Å². The zero-order chi connectivity index (χ0) is 20.9. The summed E-state index contributed by atoms with van der Waals surface area (Å²) in [4.78, 5) is 27.2. The Morgan fingerprint density at radius 2 is 1.80 bits per heavy atom. The Morgan fingerprint density at radius 3 is 2.53 bits per heavy atom. The molecule has 1 heterocycles. The zero-order valence-corrected chi connectivity index (χ0v) is 18.4. The number of hydrogen-bond acceptors (Lipinski definition) is 3. The molecule has 0 spiro atoms. The van der Waals surface area contributed by atoms with Gasteiger partial charge in [0, 0.05) is 17.3 Å². The van der Waals surface area contributed by atoms with E-state index >= 15 is 0 Å². The van der Waals surface area contributed by atoms with Crippen LogP contribution in [0.1, 0.15) is 61.9 Å². The highest BCUT2D eigenvalue weighted by atomic mass is 32.2. The van der Waals surface area contributed by atoms with Gasteiger partial charge in [-0.1, -0.05) is 62.9 Å². The van der Waals surface area contributed by atoms with Crippen molar-refractivity contribution in [2.24, 2.45) is 5.92 Å². The standard InChI is InChI=1S/C25H30N2O2S/c1-2-8-18-9-6-7-12-22(18)27-23(28)17-30-25(27)20-13-15-21(16-14-20)26-24(29)19-10-4-3-5-11-19/h6-7,9,12-16,19,25H,2-5,8,10-11,17H2,1H3,(H,26,29). The molecule has 0 radical (unpaired) electrons. The predicted molar refractivity (Wildman–Crippen MR) is 125 cm³/mol. The Morgan fingerprint density at radius 1 is 1.07 bits per heavy atom. The van der Waals surface area contributed by atoms with E-state index in [2.05, 4.69) is 24.4 Å². The molecule has 2 fully saturated rings. The Labute approximate surface area is 183 Å². The van der Waals surface area contributed by atoms with Gasteiger partial charge in [0.05, 0.1) is 5.75 Å². The molecule has 2 amide bonds. The summed E-state index contributed by atoms with van der Waals surface area (Å²) < 4.78 is 0. The smallest absolute Gasteiger partial charge is 0.238 e. The second-order valence-corrected chi connectivity index (χ2v) is 9.32. The number of nitrogens with zero attached hydrogens (tertiary/aromatic N) is 1. The van der Waals surface area contributed by atoms with Crippen LogP contribution in [0.15, 0.2) is 48.5 Å². The van der Waals surface area contributed by atoms with Crippen LogP contribution in [0.3, 0.4) is 0 Å². The second-order valence-electron chi connectivity index (χ2n) is 8.25. The molecule has 30 heavy (non-hydrogen) atoms.